The summed E-state index contributed by atoms with van der Waals surface area (Å²) in [6.07, 6.45) is 0. The molecule has 0 aliphatic carbocycles. The molecule has 1 heterocycles. The number of benzene rings is 1. The van der Waals surface area contributed by atoms with Crippen molar-refractivity contribution in [3.8, 4) is 0 Å². The summed E-state index contributed by atoms with van der Waals surface area (Å²) in [5, 5.41) is 13.2. The summed E-state index contributed by atoms with van der Waals surface area (Å²) in [5.41, 5.74) is 0.540. The third-order valence-electron chi connectivity index (χ3n) is 2.46. The number of H-pyrrole nitrogens is 1. The summed E-state index contributed by atoms with van der Waals surface area (Å²) >= 11 is 0. The van der Waals surface area contributed by atoms with Gasteiger partial charge in [-0.15, -0.1) is 0 Å². The zero-order valence-electron chi connectivity index (χ0n) is 9.95. The minimum atomic E-state index is -0.901. The van der Waals surface area contributed by atoms with Crippen molar-refractivity contribution in [1.82, 2.24) is 10.3 Å². The van der Waals surface area contributed by atoms with Gasteiger partial charge in [0.05, 0.1) is 5.60 Å². The van der Waals surface area contributed by atoms with Crippen LogP contribution in [0.1, 0.15) is 24.3 Å². The predicted octanol–water partition coefficient (Wildman–Crippen LogP) is 1.67. The molecule has 4 nitrogen and oxygen atoms in total. The Morgan fingerprint density at radius 1 is 1.41 bits per heavy atom. The van der Waals surface area contributed by atoms with E-state index in [0.717, 1.165) is 10.9 Å². The van der Waals surface area contributed by atoms with Crippen molar-refractivity contribution in [2.75, 3.05) is 6.54 Å². The number of para-hydroxylation sites is 1. The third-order valence-corrected chi connectivity index (χ3v) is 2.46. The summed E-state index contributed by atoms with van der Waals surface area (Å²) in [7, 11) is 0. The molecule has 0 saturated heterocycles. The number of aromatic amines is 1. The second-order valence-corrected chi connectivity index (χ2v) is 4.77. The van der Waals surface area contributed by atoms with Crippen molar-refractivity contribution in [3.05, 3.63) is 36.0 Å². The predicted molar refractivity (Wildman–Crippen MR) is 66.9 cm³/mol. The molecule has 0 aliphatic rings. The van der Waals surface area contributed by atoms with Crippen molar-refractivity contribution >= 4 is 16.8 Å². The lowest BCUT2D eigenvalue weighted by molar-refractivity contribution is 0.0692. The number of hydrogen-bond acceptors (Lipinski definition) is 2. The zero-order chi connectivity index (χ0) is 12.5. The van der Waals surface area contributed by atoms with Gasteiger partial charge >= 0.3 is 0 Å². The number of aliphatic hydroxyl groups is 1. The Morgan fingerprint density at radius 3 is 2.76 bits per heavy atom. The lowest BCUT2D eigenvalue weighted by Crippen LogP contribution is -2.38. The molecule has 0 atom stereocenters. The van der Waals surface area contributed by atoms with E-state index in [-0.39, 0.29) is 12.5 Å². The van der Waals surface area contributed by atoms with Gasteiger partial charge in [0.25, 0.3) is 5.91 Å². The van der Waals surface area contributed by atoms with E-state index in [1.54, 1.807) is 19.9 Å². The van der Waals surface area contributed by atoms with E-state index in [0.29, 0.717) is 5.69 Å². The largest absolute Gasteiger partial charge is 0.389 e. The number of carbonyl (C=O) groups is 1. The number of nitrogens with one attached hydrogen (secondary N) is 2. The molecule has 0 bridgehead atoms. The topological polar surface area (TPSA) is 65.1 Å². The smallest absolute Gasteiger partial charge is 0.267 e. The fourth-order valence-electron chi connectivity index (χ4n) is 1.59. The van der Waals surface area contributed by atoms with Gasteiger partial charge in [-0.2, -0.15) is 0 Å². The molecule has 4 heteroatoms. The first kappa shape index (κ1) is 11.7. The first-order valence-electron chi connectivity index (χ1n) is 5.54. The molecule has 0 aliphatic heterocycles. The molecular weight excluding hydrogens is 216 g/mol. The van der Waals surface area contributed by atoms with Gasteiger partial charge in [0.1, 0.15) is 5.69 Å². The Balaban J connectivity index is 2.14. The Kier molecular flexibility index (Phi) is 2.90. The number of rotatable bonds is 3. The van der Waals surface area contributed by atoms with E-state index in [4.69, 9.17) is 0 Å². The summed E-state index contributed by atoms with van der Waals surface area (Å²) in [6.45, 7) is 3.53. The highest BCUT2D eigenvalue weighted by molar-refractivity contribution is 5.97. The first-order chi connectivity index (χ1) is 7.96. The van der Waals surface area contributed by atoms with Gasteiger partial charge in [-0.3, -0.25) is 4.79 Å². The third kappa shape index (κ3) is 2.85. The average molecular weight is 232 g/mol. The number of carbonyl (C=O) groups excluding carboxylic acids is 1. The molecule has 0 fully saturated rings. The van der Waals surface area contributed by atoms with Crippen LogP contribution in [0.25, 0.3) is 10.9 Å². The molecular formula is C13H16N2O2. The standard InChI is InChI=1S/C13H16N2O2/c1-13(2,17)8-14-12(16)11-7-9-5-3-4-6-10(9)15-11/h3-7,15,17H,8H2,1-2H3,(H,14,16). The lowest BCUT2D eigenvalue weighted by atomic mass is 10.1. The Labute approximate surface area is 99.7 Å². The summed E-state index contributed by atoms with van der Waals surface area (Å²) < 4.78 is 0. The van der Waals surface area contributed by atoms with Crippen molar-refractivity contribution < 1.29 is 9.90 Å². The molecule has 0 unspecified atom stereocenters. The van der Waals surface area contributed by atoms with Crippen LogP contribution >= 0.6 is 0 Å². The van der Waals surface area contributed by atoms with E-state index < -0.39 is 5.60 Å². The molecule has 90 valence electrons. The van der Waals surface area contributed by atoms with Crippen molar-refractivity contribution in [3.63, 3.8) is 0 Å². The molecule has 3 N–H and O–H groups in total. The summed E-state index contributed by atoms with van der Waals surface area (Å²) in [6, 6.07) is 9.50. The lowest BCUT2D eigenvalue weighted by Gasteiger charge is -2.17. The zero-order valence-corrected chi connectivity index (χ0v) is 9.95. The highest BCUT2D eigenvalue weighted by Gasteiger charge is 2.15. The minimum absolute atomic E-state index is 0.205. The highest BCUT2D eigenvalue weighted by Crippen LogP contribution is 2.14. The van der Waals surface area contributed by atoms with Crippen LogP contribution in [0.3, 0.4) is 0 Å². The van der Waals surface area contributed by atoms with Crippen LogP contribution in [0.15, 0.2) is 30.3 Å². The van der Waals surface area contributed by atoms with Crippen LogP contribution in [0.2, 0.25) is 0 Å². The van der Waals surface area contributed by atoms with E-state index >= 15 is 0 Å². The monoisotopic (exact) mass is 232 g/mol. The maximum absolute atomic E-state index is 11.8. The fourth-order valence-corrected chi connectivity index (χ4v) is 1.59. The maximum atomic E-state index is 11.8. The Morgan fingerprint density at radius 2 is 2.12 bits per heavy atom. The Bertz CT molecular complexity index is 505. The van der Waals surface area contributed by atoms with Gasteiger partial charge in [-0.1, -0.05) is 18.2 Å². The number of fused-ring (bicyclic) bond motifs is 1. The van der Waals surface area contributed by atoms with Crippen LogP contribution in [-0.4, -0.2) is 28.1 Å². The van der Waals surface area contributed by atoms with Gasteiger partial charge in [0, 0.05) is 17.4 Å². The van der Waals surface area contributed by atoms with Crippen LogP contribution in [0, 0.1) is 0 Å². The van der Waals surface area contributed by atoms with Gasteiger partial charge in [0.15, 0.2) is 0 Å². The van der Waals surface area contributed by atoms with Crippen molar-refractivity contribution in [2.45, 2.75) is 19.4 Å². The molecule has 0 spiro atoms. The number of amides is 1. The molecule has 1 amide bonds. The van der Waals surface area contributed by atoms with Gasteiger partial charge < -0.3 is 15.4 Å². The highest BCUT2D eigenvalue weighted by atomic mass is 16.3. The molecule has 2 aromatic rings. The van der Waals surface area contributed by atoms with Crippen LogP contribution in [0.4, 0.5) is 0 Å². The van der Waals surface area contributed by atoms with Gasteiger partial charge in [-0.25, -0.2) is 0 Å². The second kappa shape index (κ2) is 4.22. The fraction of sp³-hybridized carbons (Fsp3) is 0.308. The quantitative estimate of drug-likeness (QED) is 0.753. The number of aromatic nitrogens is 1. The SMILES string of the molecule is CC(C)(O)CNC(=O)c1cc2ccccc2[nH]1. The van der Waals surface area contributed by atoms with Crippen LogP contribution < -0.4 is 5.32 Å². The Hall–Kier alpha value is -1.81. The van der Waals surface area contributed by atoms with E-state index in [9.17, 15) is 9.90 Å². The molecule has 1 aromatic carbocycles. The molecule has 2 rings (SSSR count). The summed E-state index contributed by atoms with van der Waals surface area (Å²) in [5.74, 6) is -0.205. The van der Waals surface area contributed by atoms with Crippen molar-refractivity contribution in [2.24, 2.45) is 0 Å². The molecule has 17 heavy (non-hydrogen) atoms. The second-order valence-electron chi connectivity index (χ2n) is 4.77. The average Bonchev–Trinajstić information content (AvgIpc) is 2.68. The summed E-state index contributed by atoms with van der Waals surface area (Å²) in [4.78, 5) is 14.8. The molecule has 1 aromatic heterocycles. The maximum Gasteiger partial charge on any atom is 0.267 e. The molecule has 0 radical (unpaired) electrons. The van der Waals surface area contributed by atoms with Crippen LogP contribution in [-0.2, 0) is 0 Å². The van der Waals surface area contributed by atoms with Crippen LogP contribution in [0.5, 0.6) is 0 Å². The van der Waals surface area contributed by atoms with Gasteiger partial charge in [-0.05, 0) is 26.0 Å². The van der Waals surface area contributed by atoms with Crippen molar-refractivity contribution in [1.29, 1.82) is 0 Å². The first-order valence-corrected chi connectivity index (χ1v) is 5.54. The van der Waals surface area contributed by atoms with E-state index in [1.807, 2.05) is 24.3 Å². The number of hydrogen-bond donors (Lipinski definition) is 3. The van der Waals surface area contributed by atoms with E-state index in [1.165, 1.54) is 0 Å². The van der Waals surface area contributed by atoms with E-state index in [2.05, 4.69) is 10.3 Å². The van der Waals surface area contributed by atoms with Gasteiger partial charge in [0.2, 0.25) is 0 Å². The molecule has 0 saturated carbocycles. The normalized spacial score (nSPS) is 11.7. The minimum Gasteiger partial charge on any atom is -0.389 e.